The van der Waals surface area contributed by atoms with E-state index in [4.69, 9.17) is 14.2 Å². The highest BCUT2D eigenvalue weighted by atomic mass is 16.6. The van der Waals surface area contributed by atoms with Gasteiger partial charge in [0.25, 0.3) is 0 Å². The molecule has 0 N–H and O–H groups in total. The number of carbonyl (C=O) groups is 3. The zero-order valence-corrected chi connectivity index (χ0v) is 53.4. The Kier molecular flexibility index (Phi) is 66.1. The molecule has 0 saturated heterocycles. The lowest BCUT2D eigenvalue weighted by Gasteiger charge is -2.18. The van der Waals surface area contributed by atoms with E-state index in [0.29, 0.717) is 19.3 Å². The Balaban J connectivity index is 4.19. The van der Waals surface area contributed by atoms with Crippen molar-refractivity contribution in [2.45, 2.75) is 399 Å². The molecule has 1 atom stereocenters. The number of allylic oxidation sites excluding steroid dienone is 6. The average Bonchev–Trinajstić information content (AvgIpc) is 3.45. The predicted molar refractivity (Wildman–Crippen MR) is 344 cm³/mol. The first-order chi connectivity index (χ1) is 39.0. The molecule has 0 aromatic carbocycles. The summed E-state index contributed by atoms with van der Waals surface area (Å²) in [5.41, 5.74) is 0. The molecule has 0 heterocycles. The van der Waals surface area contributed by atoms with Gasteiger partial charge in [0.2, 0.25) is 0 Å². The maximum Gasteiger partial charge on any atom is 0.306 e. The molecule has 6 heteroatoms. The van der Waals surface area contributed by atoms with E-state index in [-0.39, 0.29) is 31.1 Å². The maximum atomic E-state index is 12.9. The van der Waals surface area contributed by atoms with E-state index in [1.165, 1.54) is 276 Å². The molecule has 0 aliphatic rings. The molecule has 0 rings (SSSR count). The fraction of sp³-hybridized carbons (Fsp3) is 0.877. The molecule has 0 aliphatic heterocycles. The highest BCUT2D eigenvalue weighted by Gasteiger charge is 2.19. The van der Waals surface area contributed by atoms with Crippen molar-refractivity contribution >= 4 is 17.9 Å². The van der Waals surface area contributed by atoms with Crippen LogP contribution in [0.1, 0.15) is 393 Å². The predicted octanol–water partition coefficient (Wildman–Crippen LogP) is 24.3. The summed E-state index contributed by atoms with van der Waals surface area (Å²) in [6, 6.07) is 0. The summed E-state index contributed by atoms with van der Waals surface area (Å²) in [4.78, 5) is 38.4. The Hall–Kier alpha value is -2.37. The summed E-state index contributed by atoms with van der Waals surface area (Å²) >= 11 is 0. The van der Waals surface area contributed by atoms with Crippen LogP contribution >= 0.6 is 0 Å². The largest absolute Gasteiger partial charge is 0.462 e. The number of rotatable bonds is 66. The Morgan fingerprint density at radius 3 is 0.747 bits per heavy atom. The minimum Gasteiger partial charge on any atom is -0.462 e. The molecule has 0 fully saturated rings. The molecule has 0 saturated carbocycles. The smallest absolute Gasteiger partial charge is 0.306 e. The van der Waals surface area contributed by atoms with Crippen molar-refractivity contribution in [1.82, 2.24) is 0 Å². The SMILES string of the molecule is CCCC/C=C\C/C=C\CCCCCCCC(=O)OCC(COC(=O)CCCCCCCCCCCCCCCCCCCCCCCCCCCCCCC)OC(=O)CCCCCCCCC/C=C\CCCCCCCCC. The van der Waals surface area contributed by atoms with Crippen LogP contribution in [0.2, 0.25) is 0 Å². The zero-order valence-electron chi connectivity index (χ0n) is 53.4. The van der Waals surface area contributed by atoms with Crippen molar-refractivity contribution < 1.29 is 28.6 Å². The first-order valence-electron chi connectivity index (χ1n) is 35.5. The third kappa shape index (κ3) is 66.3. The van der Waals surface area contributed by atoms with Gasteiger partial charge in [-0.3, -0.25) is 14.4 Å². The number of carbonyl (C=O) groups excluding carboxylic acids is 3. The van der Waals surface area contributed by atoms with Crippen molar-refractivity contribution in [3.8, 4) is 0 Å². The quantitative estimate of drug-likeness (QED) is 0.0261. The fourth-order valence-electron chi connectivity index (χ4n) is 10.8. The van der Waals surface area contributed by atoms with E-state index >= 15 is 0 Å². The van der Waals surface area contributed by atoms with Gasteiger partial charge in [0.1, 0.15) is 13.2 Å². The molecule has 79 heavy (non-hydrogen) atoms. The molecule has 0 radical (unpaired) electrons. The van der Waals surface area contributed by atoms with Crippen molar-refractivity contribution in [1.29, 1.82) is 0 Å². The van der Waals surface area contributed by atoms with E-state index in [1.807, 2.05) is 0 Å². The maximum absolute atomic E-state index is 12.9. The average molecular weight is 1110 g/mol. The number of unbranched alkanes of at least 4 members (excludes halogenated alkanes) is 49. The first kappa shape index (κ1) is 76.6. The van der Waals surface area contributed by atoms with Gasteiger partial charge in [0, 0.05) is 19.3 Å². The van der Waals surface area contributed by atoms with E-state index in [2.05, 4.69) is 57.2 Å². The monoisotopic (exact) mass is 1110 g/mol. The topological polar surface area (TPSA) is 78.9 Å². The summed E-state index contributed by atoms with van der Waals surface area (Å²) < 4.78 is 17.0. The Labute approximate surface area is 493 Å². The highest BCUT2D eigenvalue weighted by Crippen LogP contribution is 2.19. The van der Waals surface area contributed by atoms with Gasteiger partial charge >= 0.3 is 17.9 Å². The molecule has 0 amide bonds. The molecule has 0 aliphatic carbocycles. The van der Waals surface area contributed by atoms with E-state index in [0.717, 1.165) is 77.0 Å². The number of hydrogen-bond donors (Lipinski definition) is 0. The van der Waals surface area contributed by atoms with Crippen molar-refractivity contribution in [2.75, 3.05) is 13.2 Å². The minimum absolute atomic E-state index is 0.0741. The third-order valence-corrected chi connectivity index (χ3v) is 16.1. The Bertz CT molecular complexity index is 1320. The van der Waals surface area contributed by atoms with Crippen LogP contribution in [0.25, 0.3) is 0 Å². The minimum atomic E-state index is -0.779. The van der Waals surface area contributed by atoms with E-state index < -0.39 is 6.10 Å². The molecule has 464 valence electrons. The lowest BCUT2D eigenvalue weighted by atomic mass is 10.0. The van der Waals surface area contributed by atoms with Crippen LogP contribution in [0.4, 0.5) is 0 Å². The van der Waals surface area contributed by atoms with Gasteiger partial charge < -0.3 is 14.2 Å². The van der Waals surface area contributed by atoms with Crippen LogP contribution in [-0.2, 0) is 28.6 Å². The van der Waals surface area contributed by atoms with Crippen LogP contribution in [0.3, 0.4) is 0 Å². The summed E-state index contributed by atoms with van der Waals surface area (Å²) in [5.74, 6) is -0.867. The van der Waals surface area contributed by atoms with Crippen molar-refractivity contribution in [2.24, 2.45) is 0 Å². The standard InChI is InChI=1S/C73H136O6/c1-4-7-10-13-16-19-22-25-28-30-32-33-34-35-36-37-38-39-40-41-42-44-45-48-51-54-57-60-63-66-72(75)78-69-70(68-77-71(74)65-62-59-56-53-50-47-27-24-21-18-15-12-9-6-3)79-73(76)67-64-61-58-55-52-49-46-43-31-29-26-23-20-17-14-11-8-5-2/h15,18,24,27,29,31,70H,4-14,16-17,19-23,25-26,28,30,32-69H2,1-3H3/b18-15-,27-24-,31-29-. The lowest BCUT2D eigenvalue weighted by Crippen LogP contribution is -2.30. The van der Waals surface area contributed by atoms with Crippen molar-refractivity contribution in [3.05, 3.63) is 36.5 Å². The lowest BCUT2D eigenvalue weighted by molar-refractivity contribution is -0.167. The van der Waals surface area contributed by atoms with Crippen molar-refractivity contribution in [3.63, 3.8) is 0 Å². The van der Waals surface area contributed by atoms with Gasteiger partial charge in [-0.25, -0.2) is 0 Å². The number of ether oxygens (including phenoxy) is 3. The first-order valence-corrected chi connectivity index (χ1v) is 35.5. The second kappa shape index (κ2) is 68.1. The Morgan fingerprint density at radius 2 is 0.468 bits per heavy atom. The van der Waals surface area contributed by atoms with Gasteiger partial charge in [0.15, 0.2) is 6.10 Å². The van der Waals surface area contributed by atoms with Crippen LogP contribution in [0, 0.1) is 0 Å². The van der Waals surface area contributed by atoms with Gasteiger partial charge in [-0.2, -0.15) is 0 Å². The molecule has 0 bridgehead atoms. The molecule has 0 spiro atoms. The molecule has 0 aromatic rings. The van der Waals surface area contributed by atoms with E-state index in [1.54, 1.807) is 0 Å². The highest BCUT2D eigenvalue weighted by molar-refractivity contribution is 5.71. The van der Waals surface area contributed by atoms with Crippen LogP contribution < -0.4 is 0 Å². The van der Waals surface area contributed by atoms with Gasteiger partial charge in [-0.15, -0.1) is 0 Å². The van der Waals surface area contributed by atoms with E-state index in [9.17, 15) is 14.4 Å². The molecular formula is C73H136O6. The number of esters is 3. The second-order valence-corrected chi connectivity index (χ2v) is 24.1. The molecule has 0 aromatic heterocycles. The van der Waals surface area contributed by atoms with Gasteiger partial charge in [-0.05, 0) is 70.6 Å². The molecule has 6 nitrogen and oxygen atoms in total. The summed E-state index contributed by atoms with van der Waals surface area (Å²) in [6.07, 6.45) is 84.7. The third-order valence-electron chi connectivity index (χ3n) is 16.1. The van der Waals surface area contributed by atoms with Crippen LogP contribution in [-0.4, -0.2) is 37.2 Å². The van der Waals surface area contributed by atoms with Crippen LogP contribution in [0.15, 0.2) is 36.5 Å². The molecular weight excluding hydrogens is 973 g/mol. The summed E-state index contributed by atoms with van der Waals surface area (Å²) in [5, 5.41) is 0. The molecule has 1 unspecified atom stereocenters. The Morgan fingerprint density at radius 1 is 0.253 bits per heavy atom. The van der Waals surface area contributed by atoms with Crippen LogP contribution in [0.5, 0.6) is 0 Å². The van der Waals surface area contributed by atoms with Gasteiger partial charge in [-0.1, -0.05) is 340 Å². The summed E-state index contributed by atoms with van der Waals surface area (Å²) in [6.45, 7) is 6.65. The summed E-state index contributed by atoms with van der Waals surface area (Å²) in [7, 11) is 0. The second-order valence-electron chi connectivity index (χ2n) is 24.1. The number of hydrogen-bond acceptors (Lipinski definition) is 6. The fourth-order valence-corrected chi connectivity index (χ4v) is 10.8. The zero-order chi connectivity index (χ0) is 57.1. The van der Waals surface area contributed by atoms with Gasteiger partial charge in [0.05, 0.1) is 0 Å². The normalized spacial score (nSPS) is 12.2.